The number of halogens is 6. The third-order valence-electron chi connectivity index (χ3n) is 1.25. The average molecular weight is 231 g/mol. The summed E-state index contributed by atoms with van der Waals surface area (Å²) < 4.78 is 71.8. The molecule has 15 heavy (non-hydrogen) atoms. The van der Waals surface area contributed by atoms with Crippen LogP contribution in [0.15, 0.2) is 36.7 Å². The molecule has 0 saturated heterocycles. The van der Waals surface area contributed by atoms with Crippen LogP contribution in [-0.2, 0) is 0 Å². The van der Waals surface area contributed by atoms with Gasteiger partial charge in [-0.3, -0.25) is 0 Å². The average Bonchev–Trinajstić information content (AvgIpc) is 1.99. The maximum Gasteiger partial charge on any atom is 0.431 e. The predicted octanol–water partition coefficient (Wildman–Crippen LogP) is 3.28. The first-order chi connectivity index (χ1) is 6.59. The minimum Gasteiger partial charge on any atom is -0.358 e. The van der Waals surface area contributed by atoms with E-state index in [0.717, 1.165) is 0 Å². The standard InChI is InChI=1S/C8H7F6N/c1-3-15-6(8(12,13)14)4-5(2)7(9,10)11/h3-4,15H,1-2H2/b6-4-. The molecule has 0 aromatic heterocycles. The minimum absolute atomic E-state index is 0.123. The van der Waals surface area contributed by atoms with E-state index in [9.17, 15) is 26.3 Å². The van der Waals surface area contributed by atoms with Crippen molar-refractivity contribution < 1.29 is 26.3 Å². The predicted molar refractivity (Wildman–Crippen MR) is 42.7 cm³/mol. The van der Waals surface area contributed by atoms with E-state index in [1.807, 2.05) is 0 Å². The van der Waals surface area contributed by atoms with Crippen molar-refractivity contribution >= 4 is 0 Å². The van der Waals surface area contributed by atoms with Crippen LogP contribution in [-0.4, -0.2) is 12.4 Å². The van der Waals surface area contributed by atoms with Crippen molar-refractivity contribution in [3.63, 3.8) is 0 Å². The van der Waals surface area contributed by atoms with Crippen molar-refractivity contribution in [3.05, 3.63) is 36.7 Å². The molecule has 0 aliphatic rings. The monoisotopic (exact) mass is 231 g/mol. The molecule has 0 heterocycles. The molecule has 0 atom stereocenters. The lowest BCUT2D eigenvalue weighted by Crippen LogP contribution is -2.23. The largest absolute Gasteiger partial charge is 0.431 e. The number of alkyl halides is 6. The SMILES string of the molecule is C=CN/C(=C\C(=C)C(F)(F)F)C(F)(F)F. The van der Waals surface area contributed by atoms with Gasteiger partial charge < -0.3 is 5.32 Å². The van der Waals surface area contributed by atoms with E-state index in [-0.39, 0.29) is 6.08 Å². The maximum atomic E-state index is 12.1. The van der Waals surface area contributed by atoms with Crippen LogP contribution < -0.4 is 5.32 Å². The molecule has 0 rings (SSSR count). The Hall–Kier alpha value is -1.40. The summed E-state index contributed by atoms with van der Waals surface area (Å²) in [6.07, 6.45) is -9.30. The lowest BCUT2D eigenvalue weighted by atomic mass is 10.2. The van der Waals surface area contributed by atoms with Gasteiger partial charge in [0.2, 0.25) is 0 Å². The normalized spacial score (nSPS) is 13.6. The Labute approximate surface area is 81.8 Å². The fourth-order valence-corrected chi connectivity index (χ4v) is 0.571. The molecule has 0 saturated carbocycles. The maximum absolute atomic E-state index is 12.1. The Morgan fingerprint density at radius 2 is 1.47 bits per heavy atom. The molecule has 0 aromatic rings. The first-order valence-electron chi connectivity index (χ1n) is 3.51. The molecule has 0 radical (unpaired) electrons. The second kappa shape index (κ2) is 4.41. The lowest BCUT2D eigenvalue weighted by Gasteiger charge is -2.13. The molecule has 0 amide bonds. The Morgan fingerprint density at radius 1 is 1.00 bits per heavy atom. The quantitative estimate of drug-likeness (QED) is 0.580. The molecule has 1 nitrogen and oxygen atoms in total. The van der Waals surface area contributed by atoms with Crippen molar-refractivity contribution in [2.24, 2.45) is 0 Å². The van der Waals surface area contributed by atoms with Gasteiger partial charge in [-0.1, -0.05) is 13.2 Å². The van der Waals surface area contributed by atoms with Crippen LogP contribution >= 0.6 is 0 Å². The Kier molecular flexibility index (Phi) is 4.00. The molecule has 0 spiro atoms. The summed E-state index contributed by atoms with van der Waals surface area (Å²) in [6.45, 7) is 5.41. The molecular weight excluding hydrogens is 224 g/mol. The highest BCUT2D eigenvalue weighted by atomic mass is 19.4. The van der Waals surface area contributed by atoms with Gasteiger partial charge in [-0.2, -0.15) is 26.3 Å². The highest BCUT2D eigenvalue weighted by molar-refractivity contribution is 5.27. The summed E-state index contributed by atoms with van der Waals surface area (Å²) in [4.78, 5) is 0. The van der Waals surface area contributed by atoms with Gasteiger partial charge in [0.1, 0.15) is 5.70 Å². The number of hydrogen-bond acceptors (Lipinski definition) is 1. The van der Waals surface area contributed by atoms with Gasteiger partial charge in [-0.15, -0.1) is 0 Å². The highest BCUT2D eigenvalue weighted by Crippen LogP contribution is 2.30. The second-order valence-electron chi connectivity index (χ2n) is 2.43. The van der Waals surface area contributed by atoms with E-state index in [0.29, 0.717) is 6.20 Å². The van der Waals surface area contributed by atoms with Crippen LogP contribution in [0.4, 0.5) is 26.3 Å². The molecule has 0 unspecified atom stereocenters. The molecular formula is C8H7F6N. The van der Waals surface area contributed by atoms with E-state index in [4.69, 9.17) is 0 Å². The molecule has 0 bridgehead atoms. The second-order valence-corrected chi connectivity index (χ2v) is 2.43. The van der Waals surface area contributed by atoms with Gasteiger partial charge in [0.05, 0.1) is 5.57 Å². The van der Waals surface area contributed by atoms with E-state index >= 15 is 0 Å². The third-order valence-corrected chi connectivity index (χ3v) is 1.25. The van der Waals surface area contributed by atoms with E-state index in [2.05, 4.69) is 13.2 Å². The highest BCUT2D eigenvalue weighted by Gasteiger charge is 2.37. The first-order valence-corrected chi connectivity index (χ1v) is 3.51. The van der Waals surface area contributed by atoms with Gasteiger partial charge in [0.15, 0.2) is 0 Å². The minimum atomic E-state index is -4.91. The number of hydrogen-bond donors (Lipinski definition) is 1. The summed E-state index contributed by atoms with van der Waals surface area (Å²) >= 11 is 0. The Balaban J connectivity index is 5.02. The van der Waals surface area contributed by atoms with E-state index in [1.165, 1.54) is 0 Å². The van der Waals surface area contributed by atoms with Crippen molar-refractivity contribution in [3.8, 4) is 0 Å². The van der Waals surface area contributed by atoms with Gasteiger partial charge in [0, 0.05) is 0 Å². The summed E-state index contributed by atoms with van der Waals surface area (Å²) in [7, 11) is 0. The van der Waals surface area contributed by atoms with Gasteiger partial charge >= 0.3 is 12.4 Å². The van der Waals surface area contributed by atoms with Gasteiger partial charge in [0.25, 0.3) is 0 Å². The number of allylic oxidation sites excluding steroid dienone is 3. The molecule has 7 heteroatoms. The Morgan fingerprint density at radius 3 is 1.73 bits per heavy atom. The number of rotatable bonds is 3. The van der Waals surface area contributed by atoms with Crippen molar-refractivity contribution in [2.45, 2.75) is 12.4 Å². The fourth-order valence-electron chi connectivity index (χ4n) is 0.571. The Bertz CT molecular complexity index is 282. The number of nitrogens with one attached hydrogen (secondary N) is 1. The van der Waals surface area contributed by atoms with Crippen LogP contribution in [0.1, 0.15) is 0 Å². The van der Waals surface area contributed by atoms with Gasteiger partial charge in [-0.25, -0.2) is 0 Å². The zero-order chi connectivity index (χ0) is 12.3. The van der Waals surface area contributed by atoms with E-state index in [1.54, 1.807) is 5.32 Å². The molecule has 0 fully saturated rings. The first kappa shape index (κ1) is 13.6. The fraction of sp³-hybridized carbons (Fsp3) is 0.250. The van der Waals surface area contributed by atoms with Crippen molar-refractivity contribution in [2.75, 3.05) is 0 Å². The molecule has 1 N–H and O–H groups in total. The molecule has 86 valence electrons. The van der Waals surface area contributed by atoms with Crippen molar-refractivity contribution in [1.29, 1.82) is 0 Å². The van der Waals surface area contributed by atoms with Crippen LogP contribution in [0, 0.1) is 0 Å². The van der Waals surface area contributed by atoms with Crippen molar-refractivity contribution in [1.82, 2.24) is 5.32 Å². The summed E-state index contributed by atoms with van der Waals surface area (Å²) in [5, 5.41) is 1.56. The summed E-state index contributed by atoms with van der Waals surface area (Å²) in [5.74, 6) is 0. The summed E-state index contributed by atoms with van der Waals surface area (Å²) in [5.41, 5.74) is -3.16. The smallest absolute Gasteiger partial charge is 0.358 e. The van der Waals surface area contributed by atoms with E-state index < -0.39 is 23.6 Å². The van der Waals surface area contributed by atoms with Crippen LogP contribution in [0.5, 0.6) is 0 Å². The zero-order valence-electron chi connectivity index (χ0n) is 7.34. The van der Waals surface area contributed by atoms with Crippen LogP contribution in [0.2, 0.25) is 0 Å². The topological polar surface area (TPSA) is 12.0 Å². The van der Waals surface area contributed by atoms with Crippen LogP contribution in [0.25, 0.3) is 0 Å². The summed E-state index contributed by atoms with van der Waals surface area (Å²) in [6, 6.07) is 0. The van der Waals surface area contributed by atoms with Gasteiger partial charge in [-0.05, 0) is 12.3 Å². The molecule has 0 aliphatic carbocycles. The third kappa shape index (κ3) is 4.57. The lowest BCUT2D eigenvalue weighted by molar-refractivity contribution is -0.0983. The molecule has 0 aliphatic heterocycles. The van der Waals surface area contributed by atoms with Crippen LogP contribution in [0.3, 0.4) is 0 Å². The molecule has 0 aromatic carbocycles. The zero-order valence-corrected chi connectivity index (χ0v) is 7.34.